The molecule has 1 N–H and O–H groups in total. The summed E-state index contributed by atoms with van der Waals surface area (Å²) in [5, 5.41) is 9.52. The van der Waals surface area contributed by atoms with E-state index in [2.05, 4.69) is 17.3 Å². The quantitative estimate of drug-likeness (QED) is 0.887. The summed E-state index contributed by atoms with van der Waals surface area (Å²) >= 11 is 2.00. The fourth-order valence-electron chi connectivity index (χ4n) is 2.76. The predicted octanol–water partition coefficient (Wildman–Crippen LogP) is 3.36. The fraction of sp³-hybridized carbons (Fsp3) is 0.667. The van der Waals surface area contributed by atoms with E-state index in [-0.39, 0.29) is 0 Å². The molecule has 3 rings (SSSR count). The maximum absolute atomic E-state index is 4.72. The highest BCUT2D eigenvalue weighted by atomic mass is 32.2. The molecule has 1 aliphatic carbocycles. The molecule has 0 aliphatic heterocycles. The van der Waals surface area contributed by atoms with Gasteiger partial charge in [-0.15, -0.1) is 0 Å². The predicted molar refractivity (Wildman–Crippen MR) is 88.6 cm³/mol. The zero-order valence-electron chi connectivity index (χ0n) is 12.8. The number of aromatic nitrogens is 4. The van der Waals surface area contributed by atoms with Gasteiger partial charge >= 0.3 is 0 Å². The van der Waals surface area contributed by atoms with Gasteiger partial charge in [-0.25, -0.2) is 9.97 Å². The van der Waals surface area contributed by atoms with Crippen molar-refractivity contribution in [3.63, 3.8) is 0 Å². The molecule has 0 bridgehead atoms. The van der Waals surface area contributed by atoms with E-state index in [9.17, 15) is 0 Å². The molecule has 2 aromatic rings. The molecule has 1 fully saturated rings. The van der Waals surface area contributed by atoms with Crippen molar-refractivity contribution < 1.29 is 0 Å². The molecule has 114 valence electrons. The molecular weight excluding hydrogens is 282 g/mol. The molecule has 0 amide bonds. The van der Waals surface area contributed by atoms with E-state index in [0.29, 0.717) is 0 Å². The largest absolute Gasteiger partial charge is 0.369 e. The van der Waals surface area contributed by atoms with Gasteiger partial charge in [0.25, 0.3) is 0 Å². The molecule has 0 aromatic carbocycles. The van der Waals surface area contributed by atoms with Crippen LogP contribution in [0.25, 0.3) is 11.0 Å². The molecule has 21 heavy (non-hydrogen) atoms. The Balaban J connectivity index is 1.81. The van der Waals surface area contributed by atoms with Crippen LogP contribution in [0.1, 0.15) is 44.9 Å². The normalized spacial score (nSPS) is 15.9. The summed E-state index contributed by atoms with van der Waals surface area (Å²) in [6.45, 7) is 3.09. The maximum Gasteiger partial charge on any atom is 0.163 e. The molecule has 0 radical (unpaired) electrons. The molecule has 5 nitrogen and oxygen atoms in total. The van der Waals surface area contributed by atoms with Crippen molar-refractivity contribution in [1.82, 2.24) is 19.7 Å². The number of thioether (sulfide) groups is 1. The van der Waals surface area contributed by atoms with Crippen molar-refractivity contribution in [2.45, 2.75) is 50.0 Å². The van der Waals surface area contributed by atoms with Crippen molar-refractivity contribution >= 4 is 28.6 Å². The molecule has 1 saturated carbocycles. The molecular formula is C15H23N5S. The average molecular weight is 305 g/mol. The van der Waals surface area contributed by atoms with Crippen LogP contribution >= 0.6 is 11.8 Å². The minimum atomic E-state index is 0.794. The average Bonchev–Trinajstić information content (AvgIpc) is 3.13. The smallest absolute Gasteiger partial charge is 0.163 e. The second-order valence-corrected chi connectivity index (χ2v) is 6.93. The lowest BCUT2D eigenvalue weighted by Crippen LogP contribution is -2.07. The molecule has 2 heterocycles. The molecule has 1 aliphatic rings. The van der Waals surface area contributed by atoms with Gasteiger partial charge in [0.05, 0.1) is 17.3 Å². The number of fused-ring (bicyclic) bond motifs is 1. The number of rotatable bonds is 6. The van der Waals surface area contributed by atoms with Crippen molar-refractivity contribution in [2.75, 3.05) is 11.9 Å². The Hall–Kier alpha value is -1.30. The van der Waals surface area contributed by atoms with Crippen LogP contribution in [0, 0.1) is 0 Å². The standard InChI is InChI=1S/C15H23N5S/c1-3-8-16-14-12-9-17-20(2)15(12)19-13(18-14)10-21-11-6-4-5-7-11/h9,11H,3-8,10H2,1-2H3,(H,16,18,19). The first-order valence-electron chi connectivity index (χ1n) is 7.82. The number of anilines is 1. The van der Waals surface area contributed by atoms with Crippen molar-refractivity contribution in [1.29, 1.82) is 0 Å². The zero-order valence-corrected chi connectivity index (χ0v) is 13.6. The highest BCUT2D eigenvalue weighted by Gasteiger charge is 2.17. The number of hydrogen-bond acceptors (Lipinski definition) is 5. The number of hydrogen-bond donors (Lipinski definition) is 1. The van der Waals surface area contributed by atoms with Crippen LogP contribution < -0.4 is 5.32 Å². The van der Waals surface area contributed by atoms with Crippen LogP contribution in [0.2, 0.25) is 0 Å². The molecule has 0 unspecified atom stereocenters. The van der Waals surface area contributed by atoms with Crippen molar-refractivity contribution in [2.24, 2.45) is 7.05 Å². The lowest BCUT2D eigenvalue weighted by atomic mass is 10.3. The Bertz CT molecular complexity index is 603. The lowest BCUT2D eigenvalue weighted by Gasteiger charge is -2.10. The van der Waals surface area contributed by atoms with Gasteiger partial charge in [-0.3, -0.25) is 4.68 Å². The van der Waals surface area contributed by atoms with E-state index in [4.69, 9.17) is 9.97 Å². The molecule has 0 atom stereocenters. The highest BCUT2D eigenvalue weighted by Crippen LogP contribution is 2.31. The number of aryl methyl sites for hydroxylation is 1. The number of nitrogens with zero attached hydrogens (tertiary/aromatic N) is 4. The molecule has 6 heteroatoms. The summed E-state index contributed by atoms with van der Waals surface area (Å²) in [6.07, 6.45) is 8.38. The highest BCUT2D eigenvalue weighted by molar-refractivity contribution is 7.99. The Labute approximate surface area is 129 Å². The van der Waals surface area contributed by atoms with E-state index in [1.165, 1.54) is 25.7 Å². The molecule has 0 spiro atoms. The van der Waals surface area contributed by atoms with Crippen LogP contribution in [0.3, 0.4) is 0 Å². The Morgan fingerprint density at radius 1 is 1.33 bits per heavy atom. The van der Waals surface area contributed by atoms with Gasteiger partial charge in [0.2, 0.25) is 0 Å². The minimum Gasteiger partial charge on any atom is -0.369 e. The number of nitrogens with one attached hydrogen (secondary N) is 1. The minimum absolute atomic E-state index is 0.794. The first kappa shape index (κ1) is 14.6. The Morgan fingerprint density at radius 3 is 2.90 bits per heavy atom. The monoisotopic (exact) mass is 305 g/mol. The van der Waals surface area contributed by atoms with Gasteiger partial charge < -0.3 is 5.32 Å². The SMILES string of the molecule is CCCNc1nc(CSC2CCCC2)nc2c1cnn2C. The topological polar surface area (TPSA) is 55.6 Å². The second-order valence-electron chi connectivity index (χ2n) is 5.64. The van der Waals surface area contributed by atoms with Gasteiger partial charge in [0.15, 0.2) is 5.65 Å². The van der Waals surface area contributed by atoms with Crippen LogP contribution in [0.4, 0.5) is 5.82 Å². The van der Waals surface area contributed by atoms with Crippen LogP contribution in [-0.4, -0.2) is 31.5 Å². The van der Waals surface area contributed by atoms with E-state index in [0.717, 1.165) is 46.6 Å². The van der Waals surface area contributed by atoms with E-state index >= 15 is 0 Å². The summed E-state index contributed by atoms with van der Waals surface area (Å²) < 4.78 is 1.83. The summed E-state index contributed by atoms with van der Waals surface area (Å²) in [6, 6.07) is 0. The van der Waals surface area contributed by atoms with Gasteiger partial charge in [0, 0.05) is 18.8 Å². The van der Waals surface area contributed by atoms with E-state index in [1.807, 2.05) is 29.7 Å². The third-order valence-electron chi connectivity index (χ3n) is 3.93. The molecule has 2 aromatic heterocycles. The lowest BCUT2D eigenvalue weighted by molar-refractivity contribution is 0.782. The summed E-state index contributed by atoms with van der Waals surface area (Å²) in [5.41, 5.74) is 0.922. The first-order valence-corrected chi connectivity index (χ1v) is 8.87. The second kappa shape index (κ2) is 6.64. The van der Waals surface area contributed by atoms with Crippen LogP contribution in [0.15, 0.2) is 6.20 Å². The van der Waals surface area contributed by atoms with E-state index < -0.39 is 0 Å². The van der Waals surface area contributed by atoms with Crippen LogP contribution in [0.5, 0.6) is 0 Å². The summed E-state index contributed by atoms with van der Waals surface area (Å²) in [4.78, 5) is 9.41. The first-order chi connectivity index (χ1) is 10.3. The maximum atomic E-state index is 4.72. The van der Waals surface area contributed by atoms with Gasteiger partial charge in [-0.1, -0.05) is 19.8 Å². The van der Waals surface area contributed by atoms with Crippen molar-refractivity contribution in [3.05, 3.63) is 12.0 Å². The fourth-order valence-corrected chi connectivity index (χ4v) is 3.94. The Morgan fingerprint density at radius 2 is 2.14 bits per heavy atom. The summed E-state index contributed by atoms with van der Waals surface area (Å²) in [7, 11) is 1.94. The van der Waals surface area contributed by atoms with Gasteiger partial charge in [-0.2, -0.15) is 16.9 Å². The van der Waals surface area contributed by atoms with Crippen LogP contribution in [-0.2, 0) is 12.8 Å². The van der Waals surface area contributed by atoms with Crippen molar-refractivity contribution in [3.8, 4) is 0 Å². The summed E-state index contributed by atoms with van der Waals surface area (Å²) in [5.74, 6) is 2.74. The van der Waals surface area contributed by atoms with Gasteiger partial charge in [0.1, 0.15) is 11.6 Å². The third-order valence-corrected chi connectivity index (χ3v) is 5.30. The van der Waals surface area contributed by atoms with E-state index in [1.54, 1.807) is 0 Å². The zero-order chi connectivity index (χ0) is 14.7. The van der Waals surface area contributed by atoms with Gasteiger partial charge in [-0.05, 0) is 19.3 Å². The third kappa shape index (κ3) is 3.31. The molecule has 0 saturated heterocycles. The Kier molecular flexibility index (Phi) is 4.63.